The smallest absolute Gasteiger partial charge is 0.109 e. The number of hydrogen-bond acceptors (Lipinski definition) is 3. The van der Waals surface area contributed by atoms with Gasteiger partial charge in [-0.05, 0) is 40.5 Å². The highest BCUT2D eigenvalue weighted by Gasteiger charge is 2.30. The number of benzene rings is 1. The summed E-state index contributed by atoms with van der Waals surface area (Å²) in [6.07, 6.45) is 2.22. The summed E-state index contributed by atoms with van der Waals surface area (Å²) in [5.41, 5.74) is 0.814. The van der Waals surface area contributed by atoms with Crippen molar-refractivity contribution in [1.82, 2.24) is 9.78 Å². The third-order valence-electron chi connectivity index (χ3n) is 3.27. The Bertz CT molecular complexity index is 594. The molecule has 0 aliphatic rings. The van der Waals surface area contributed by atoms with E-state index >= 15 is 0 Å². The van der Waals surface area contributed by atoms with E-state index in [1.807, 2.05) is 24.3 Å². The average molecular weight is 418 g/mol. The first-order chi connectivity index (χ1) is 9.94. The fourth-order valence-corrected chi connectivity index (χ4v) is 3.32. The van der Waals surface area contributed by atoms with E-state index < -0.39 is 5.60 Å². The Morgan fingerprint density at radius 2 is 1.95 bits per heavy atom. The van der Waals surface area contributed by atoms with Gasteiger partial charge >= 0.3 is 0 Å². The second-order valence-electron chi connectivity index (χ2n) is 5.13. The van der Waals surface area contributed by atoms with Crippen molar-refractivity contribution in [2.45, 2.75) is 25.5 Å². The SMILES string of the molecule is COCCn1ncc(Br)c1C(C)(O)Cc1ccc(Br)cc1. The number of nitrogens with zero attached hydrogens (tertiary/aromatic N) is 2. The second-order valence-corrected chi connectivity index (χ2v) is 6.90. The van der Waals surface area contributed by atoms with Crippen LogP contribution in [0, 0.1) is 0 Å². The molecular weight excluding hydrogens is 400 g/mol. The van der Waals surface area contributed by atoms with Crippen molar-refractivity contribution < 1.29 is 9.84 Å². The zero-order valence-corrected chi connectivity index (χ0v) is 15.2. The zero-order chi connectivity index (χ0) is 15.5. The van der Waals surface area contributed by atoms with E-state index in [1.54, 1.807) is 24.9 Å². The molecule has 4 nitrogen and oxygen atoms in total. The van der Waals surface area contributed by atoms with Gasteiger partial charge in [0.1, 0.15) is 5.60 Å². The molecule has 6 heteroatoms. The van der Waals surface area contributed by atoms with Crippen LogP contribution in [0.25, 0.3) is 0 Å². The summed E-state index contributed by atoms with van der Waals surface area (Å²) in [7, 11) is 1.65. The predicted octanol–water partition coefficient (Wildman–Crippen LogP) is 3.50. The molecule has 0 fully saturated rings. The van der Waals surface area contributed by atoms with Gasteiger partial charge in [-0.25, -0.2) is 0 Å². The van der Waals surface area contributed by atoms with Gasteiger partial charge in [-0.2, -0.15) is 5.10 Å². The van der Waals surface area contributed by atoms with Crippen LogP contribution in [-0.4, -0.2) is 28.6 Å². The molecule has 0 amide bonds. The van der Waals surface area contributed by atoms with Crippen molar-refractivity contribution >= 4 is 31.9 Å². The summed E-state index contributed by atoms with van der Waals surface area (Å²) < 4.78 is 8.71. The highest BCUT2D eigenvalue weighted by Crippen LogP contribution is 2.31. The summed E-state index contributed by atoms with van der Waals surface area (Å²) in [5.74, 6) is 0. The quantitative estimate of drug-likeness (QED) is 0.782. The van der Waals surface area contributed by atoms with Gasteiger partial charge in [0.15, 0.2) is 0 Å². The molecular formula is C15H18Br2N2O2. The lowest BCUT2D eigenvalue weighted by atomic mass is 9.93. The van der Waals surface area contributed by atoms with Gasteiger partial charge in [-0.1, -0.05) is 28.1 Å². The molecule has 1 unspecified atom stereocenters. The summed E-state index contributed by atoms with van der Waals surface area (Å²) in [6.45, 7) is 2.96. The third-order valence-corrected chi connectivity index (χ3v) is 4.38. The van der Waals surface area contributed by atoms with Crippen LogP contribution in [0.4, 0.5) is 0 Å². The Balaban J connectivity index is 2.25. The molecule has 1 N–H and O–H groups in total. The molecule has 114 valence electrons. The van der Waals surface area contributed by atoms with E-state index in [-0.39, 0.29) is 0 Å². The minimum atomic E-state index is -1.02. The molecule has 2 aromatic rings. The molecule has 1 atom stereocenters. The normalized spacial score (nSPS) is 14.1. The zero-order valence-electron chi connectivity index (χ0n) is 12.0. The van der Waals surface area contributed by atoms with Crippen LogP contribution in [0.5, 0.6) is 0 Å². The minimum Gasteiger partial charge on any atom is -0.383 e. The molecule has 0 spiro atoms. The van der Waals surface area contributed by atoms with E-state index in [9.17, 15) is 5.11 Å². The average Bonchev–Trinajstić information content (AvgIpc) is 2.81. The standard InChI is InChI=1S/C15H18Br2N2O2/c1-15(20,9-11-3-5-12(16)6-4-11)14-13(17)10-18-19(14)7-8-21-2/h3-6,10,20H,7-9H2,1-2H3. The Labute approximate surface area is 141 Å². The Kier molecular flexibility index (Phi) is 5.60. The van der Waals surface area contributed by atoms with E-state index in [0.29, 0.717) is 19.6 Å². The lowest BCUT2D eigenvalue weighted by Gasteiger charge is -2.25. The van der Waals surface area contributed by atoms with E-state index in [4.69, 9.17) is 4.74 Å². The molecule has 0 saturated carbocycles. The van der Waals surface area contributed by atoms with Gasteiger partial charge in [0.2, 0.25) is 0 Å². The molecule has 1 aromatic carbocycles. The van der Waals surface area contributed by atoms with Crippen molar-refractivity contribution in [3.8, 4) is 0 Å². The van der Waals surface area contributed by atoms with Crippen LogP contribution < -0.4 is 0 Å². The first kappa shape index (κ1) is 16.7. The van der Waals surface area contributed by atoms with E-state index in [1.165, 1.54) is 0 Å². The van der Waals surface area contributed by atoms with Gasteiger partial charge < -0.3 is 9.84 Å². The summed E-state index contributed by atoms with van der Waals surface area (Å²) in [6, 6.07) is 7.95. The third kappa shape index (κ3) is 4.16. The second kappa shape index (κ2) is 7.05. The molecule has 1 aromatic heterocycles. The molecule has 21 heavy (non-hydrogen) atoms. The first-order valence-corrected chi connectivity index (χ1v) is 8.20. The lowest BCUT2D eigenvalue weighted by molar-refractivity contribution is 0.0453. The molecule has 0 aliphatic carbocycles. The molecule has 2 rings (SSSR count). The van der Waals surface area contributed by atoms with Crippen molar-refractivity contribution in [3.63, 3.8) is 0 Å². The van der Waals surface area contributed by atoms with E-state index in [0.717, 1.165) is 20.2 Å². The van der Waals surface area contributed by atoms with Crippen molar-refractivity contribution in [2.24, 2.45) is 0 Å². The van der Waals surface area contributed by atoms with Crippen LogP contribution in [-0.2, 0) is 23.3 Å². The van der Waals surface area contributed by atoms with Gasteiger partial charge in [-0.15, -0.1) is 0 Å². The summed E-state index contributed by atoms with van der Waals surface area (Å²) in [4.78, 5) is 0. The minimum absolute atomic E-state index is 0.511. The lowest BCUT2D eigenvalue weighted by Crippen LogP contribution is -2.29. The molecule has 0 radical (unpaired) electrons. The first-order valence-electron chi connectivity index (χ1n) is 6.61. The largest absolute Gasteiger partial charge is 0.383 e. The predicted molar refractivity (Wildman–Crippen MR) is 89.2 cm³/mol. The Hall–Kier alpha value is -0.690. The fraction of sp³-hybridized carbons (Fsp3) is 0.400. The van der Waals surface area contributed by atoms with Gasteiger partial charge in [-0.3, -0.25) is 4.68 Å². The number of methoxy groups -OCH3 is 1. The molecule has 0 bridgehead atoms. The number of aromatic nitrogens is 2. The van der Waals surface area contributed by atoms with Crippen LogP contribution in [0.1, 0.15) is 18.2 Å². The number of halogens is 2. The number of ether oxygens (including phenoxy) is 1. The van der Waals surface area contributed by atoms with Crippen LogP contribution in [0.15, 0.2) is 39.4 Å². The molecule has 0 aliphatic heterocycles. The van der Waals surface area contributed by atoms with Gasteiger partial charge in [0.25, 0.3) is 0 Å². The van der Waals surface area contributed by atoms with E-state index in [2.05, 4.69) is 37.0 Å². The van der Waals surface area contributed by atoms with Gasteiger partial charge in [0, 0.05) is 18.0 Å². The van der Waals surface area contributed by atoms with Gasteiger partial charge in [0.05, 0.1) is 29.5 Å². The number of aliphatic hydroxyl groups is 1. The maximum atomic E-state index is 10.9. The fourth-order valence-electron chi connectivity index (χ4n) is 2.33. The Morgan fingerprint density at radius 1 is 1.29 bits per heavy atom. The molecule has 1 heterocycles. The monoisotopic (exact) mass is 416 g/mol. The van der Waals surface area contributed by atoms with Crippen molar-refractivity contribution in [2.75, 3.05) is 13.7 Å². The van der Waals surface area contributed by atoms with Crippen LogP contribution in [0.2, 0.25) is 0 Å². The van der Waals surface area contributed by atoms with Crippen LogP contribution in [0.3, 0.4) is 0 Å². The number of hydrogen-bond donors (Lipinski definition) is 1. The maximum absolute atomic E-state index is 10.9. The van der Waals surface area contributed by atoms with Crippen molar-refractivity contribution in [1.29, 1.82) is 0 Å². The topological polar surface area (TPSA) is 47.3 Å². The Morgan fingerprint density at radius 3 is 2.57 bits per heavy atom. The number of rotatable bonds is 6. The molecule has 0 saturated heterocycles. The van der Waals surface area contributed by atoms with Crippen molar-refractivity contribution in [3.05, 3.63) is 50.7 Å². The van der Waals surface area contributed by atoms with Crippen LogP contribution >= 0.6 is 31.9 Å². The summed E-state index contributed by atoms with van der Waals surface area (Å²) >= 11 is 6.90. The maximum Gasteiger partial charge on any atom is 0.109 e. The highest BCUT2D eigenvalue weighted by atomic mass is 79.9. The highest BCUT2D eigenvalue weighted by molar-refractivity contribution is 9.10. The summed E-state index contributed by atoms with van der Waals surface area (Å²) in [5, 5.41) is 15.2.